The van der Waals surface area contributed by atoms with Crippen LogP contribution in [0.1, 0.15) is 27.2 Å². The second-order valence-corrected chi connectivity index (χ2v) is 4.43. The van der Waals surface area contributed by atoms with Crippen LogP contribution in [-0.2, 0) is 4.79 Å². The minimum Gasteiger partial charge on any atom is -0.480 e. The summed E-state index contributed by atoms with van der Waals surface area (Å²) in [7, 11) is 3.73. The molecule has 4 heteroatoms. The van der Waals surface area contributed by atoms with Gasteiger partial charge in [-0.3, -0.25) is 4.79 Å². The SMILES string of the molecule is CNC(CCN(C)C(C)C(C)C)C(=O)O. The maximum atomic E-state index is 10.8. The summed E-state index contributed by atoms with van der Waals surface area (Å²) in [5, 5.41) is 11.7. The molecule has 0 radical (unpaired) electrons. The summed E-state index contributed by atoms with van der Waals surface area (Å²) in [6, 6.07) is 0.0445. The van der Waals surface area contributed by atoms with Gasteiger partial charge in [0.15, 0.2) is 0 Å². The topological polar surface area (TPSA) is 52.6 Å². The monoisotopic (exact) mass is 216 g/mol. The summed E-state index contributed by atoms with van der Waals surface area (Å²) in [5.41, 5.74) is 0. The summed E-state index contributed by atoms with van der Waals surface area (Å²) in [6.07, 6.45) is 0.638. The van der Waals surface area contributed by atoms with Gasteiger partial charge in [-0.05, 0) is 33.4 Å². The van der Waals surface area contributed by atoms with Crippen molar-refractivity contribution >= 4 is 5.97 Å². The fourth-order valence-electron chi connectivity index (χ4n) is 1.44. The zero-order valence-electron chi connectivity index (χ0n) is 10.4. The highest BCUT2D eigenvalue weighted by molar-refractivity contribution is 5.73. The van der Waals surface area contributed by atoms with Crippen molar-refractivity contribution in [1.29, 1.82) is 0 Å². The van der Waals surface area contributed by atoms with Crippen molar-refractivity contribution in [3.8, 4) is 0 Å². The van der Waals surface area contributed by atoms with Crippen molar-refractivity contribution in [2.24, 2.45) is 5.92 Å². The standard InChI is InChI=1S/C11H24N2O2/c1-8(2)9(3)13(5)7-6-10(12-4)11(14)15/h8-10,12H,6-7H2,1-5H3,(H,14,15). The molecular formula is C11H24N2O2. The maximum absolute atomic E-state index is 10.8. The van der Waals surface area contributed by atoms with Crippen LogP contribution < -0.4 is 5.32 Å². The lowest BCUT2D eigenvalue weighted by Crippen LogP contribution is -2.40. The highest BCUT2D eigenvalue weighted by Gasteiger charge is 2.18. The Morgan fingerprint density at radius 1 is 1.40 bits per heavy atom. The van der Waals surface area contributed by atoms with Crippen molar-refractivity contribution < 1.29 is 9.90 Å². The van der Waals surface area contributed by atoms with Gasteiger partial charge in [0.1, 0.15) is 6.04 Å². The van der Waals surface area contributed by atoms with E-state index in [-0.39, 0.29) is 0 Å². The van der Waals surface area contributed by atoms with Gasteiger partial charge < -0.3 is 15.3 Å². The molecule has 2 atom stereocenters. The van der Waals surface area contributed by atoms with E-state index in [4.69, 9.17) is 5.11 Å². The van der Waals surface area contributed by atoms with Crippen LogP contribution in [-0.4, -0.2) is 48.7 Å². The Hall–Kier alpha value is -0.610. The molecular weight excluding hydrogens is 192 g/mol. The van der Waals surface area contributed by atoms with Crippen LogP contribution in [0.2, 0.25) is 0 Å². The molecule has 0 amide bonds. The smallest absolute Gasteiger partial charge is 0.320 e. The number of rotatable bonds is 7. The van der Waals surface area contributed by atoms with Crippen molar-refractivity contribution in [2.75, 3.05) is 20.6 Å². The van der Waals surface area contributed by atoms with E-state index in [0.717, 1.165) is 6.54 Å². The van der Waals surface area contributed by atoms with E-state index in [0.29, 0.717) is 18.4 Å². The van der Waals surface area contributed by atoms with Crippen LogP contribution in [0.3, 0.4) is 0 Å². The van der Waals surface area contributed by atoms with Crippen LogP contribution in [0.5, 0.6) is 0 Å². The fraction of sp³-hybridized carbons (Fsp3) is 0.909. The van der Waals surface area contributed by atoms with Gasteiger partial charge >= 0.3 is 5.97 Å². The first-order chi connectivity index (χ1) is 6.90. The molecule has 0 heterocycles. The van der Waals surface area contributed by atoms with Gasteiger partial charge in [-0.25, -0.2) is 0 Å². The van der Waals surface area contributed by atoms with Gasteiger partial charge in [0.2, 0.25) is 0 Å². The molecule has 0 rings (SSSR count). The summed E-state index contributed by atoms with van der Waals surface area (Å²) < 4.78 is 0. The van der Waals surface area contributed by atoms with E-state index < -0.39 is 12.0 Å². The number of carboxylic acids is 1. The highest BCUT2D eigenvalue weighted by atomic mass is 16.4. The van der Waals surface area contributed by atoms with Crippen LogP contribution >= 0.6 is 0 Å². The van der Waals surface area contributed by atoms with Crippen molar-refractivity contribution in [3.05, 3.63) is 0 Å². The van der Waals surface area contributed by atoms with Gasteiger partial charge in [0.25, 0.3) is 0 Å². The molecule has 4 nitrogen and oxygen atoms in total. The van der Waals surface area contributed by atoms with Gasteiger partial charge in [-0.15, -0.1) is 0 Å². The molecule has 15 heavy (non-hydrogen) atoms. The molecule has 0 aromatic carbocycles. The van der Waals surface area contributed by atoms with E-state index >= 15 is 0 Å². The van der Waals surface area contributed by atoms with Crippen LogP contribution in [0.15, 0.2) is 0 Å². The predicted molar refractivity (Wildman–Crippen MR) is 62.0 cm³/mol. The second-order valence-electron chi connectivity index (χ2n) is 4.43. The molecule has 90 valence electrons. The zero-order chi connectivity index (χ0) is 12.0. The lowest BCUT2D eigenvalue weighted by atomic mass is 10.0. The third-order valence-corrected chi connectivity index (χ3v) is 3.08. The molecule has 0 aliphatic rings. The maximum Gasteiger partial charge on any atom is 0.320 e. The number of aliphatic carboxylic acids is 1. The van der Waals surface area contributed by atoms with Crippen LogP contribution in [0.4, 0.5) is 0 Å². The first-order valence-electron chi connectivity index (χ1n) is 5.50. The quantitative estimate of drug-likeness (QED) is 0.667. The zero-order valence-corrected chi connectivity index (χ0v) is 10.4. The predicted octanol–water partition coefficient (Wildman–Crippen LogP) is 1.03. The Kier molecular flexibility index (Phi) is 6.52. The molecule has 2 N–H and O–H groups in total. The Balaban J connectivity index is 3.98. The van der Waals surface area contributed by atoms with Crippen LogP contribution in [0.25, 0.3) is 0 Å². The van der Waals surface area contributed by atoms with Gasteiger partial charge in [-0.2, -0.15) is 0 Å². The van der Waals surface area contributed by atoms with Gasteiger partial charge in [0, 0.05) is 12.6 Å². The third-order valence-electron chi connectivity index (χ3n) is 3.08. The molecule has 0 saturated carbocycles. The number of likely N-dealkylation sites (N-methyl/N-ethyl adjacent to an activating group) is 1. The van der Waals surface area contributed by atoms with E-state index in [2.05, 4.69) is 31.0 Å². The minimum atomic E-state index is -0.775. The number of nitrogens with one attached hydrogen (secondary N) is 1. The largest absolute Gasteiger partial charge is 0.480 e. The lowest BCUT2D eigenvalue weighted by molar-refractivity contribution is -0.139. The number of carboxylic acid groups (broad SMARTS) is 1. The van der Waals surface area contributed by atoms with E-state index in [1.165, 1.54) is 0 Å². The molecule has 0 aliphatic heterocycles. The Labute approximate surface area is 92.7 Å². The van der Waals surface area contributed by atoms with Crippen LogP contribution in [0, 0.1) is 5.92 Å². The first kappa shape index (κ1) is 14.4. The number of hydrogen-bond donors (Lipinski definition) is 2. The summed E-state index contributed by atoms with van der Waals surface area (Å²) in [6.45, 7) is 7.32. The fourth-order valence-corrected chi connectivity index (χ4v) is 1.44. The van der Waals surface area contributed by atoms with E-state index in [9.17, 15) is 4.79 Å². The Morgan fingerprint density at radius 2 is 1.93 bits per heavy atom. The summed E-state index contributed by atoms with van der Waals surface area (Å²) in [5.74, 6) is -0.184. The molecule has 0 spiro atoms. The first-order valence-corrected chi connectivity index (χ1v) is 5.50. The average Bonchev–Trinajstić information content (AvgIpc) is 2.16. The Bertz CT molecular complexity index is 195. The Morgan fingerprint density at radius 3 is 2.27 bits per heavy atom. The van der Waals surface area contributed by atoms with Gasteiger partial charge in [0.05, 0.1) is 0 Å². The molecule has 0 fully saturated rings. The summed E-state index contributed by atoms with van der Waals surface area (Å²) in [4.78, 5) is 13.0. The molecule has 0 aliphatic carbocycles. The minimum absolute atomic E-state index is 0.438. The van der Waals surface area contributed by atoms with E-state index in [1.807, 2.05) is 7.05 Å². The number of hydrogen-bond acceptors (Lipinski definition) is 3. The molecule has 0 aromatic rings. The number of carbonyl (C=O) groups is 1. The van der Waals surface area contributed by atoms with Crippen molar-refractivity contribution in [3.63, 3.8) is 0 Å². The number of nitrogens with zero attached hydrogens (tertiary/aromatic N) is 1. The molecule has 2 unspecified atom stereocenters. The van der Waals surface area contributed by atoms with Gasteiger partial charge in [-0.1, -0.05) is 13.8 Å². The highest BCUT2D eigenvalue weighted by Crippen LogP contribution is 2.08. The van der Waals surface area contributed by atoms with Crippen molar-refractivity contribution in [1.82, 2.24) is 10.2 Å². The normalized spacial score (nSPS) is 15.7. The average molecular weight is 216 g/mol. The molecule has 0 bridgehead atoms. The lowest BCUT2D eigenvalue weighted by Gasteiger charge is -2.28. The molecule has 0 saturated heterocycles. The van der Waals surface area contributed by atoms with Crippen molar-refractivity contribution in [2.45, 2.75) is 39.3 Å². The molecule has 0 aromatic heterocycles. The second kappa shape index (κ2) is 6.80. The third kappa shape index (κ3) is 5.14. The van der Waals surface area contributed by atoms with E-state index in [1.54, 1.807) is 7.05 Å². The summed E-state index contributed by atoms with van der Waals surface area (Å²) >= 11 is 0.